The summed E-state index contributed by atoms with van der Waals surface area (Å²) in [5.74, 6) is 0.597. The third-order valence-corrected chi connectivity index (χ3v) is 4.74. The molecule has 1 saturated carbocycles. The molecular weight excluding hydrogens is 342 g/mol. The van der Waals surface area contributed by atoms with Gasteiger partial charge in [0.1, 0.15) is 5.82 Å². The zero-order valence-corrected chi connectivity index (χ0v) is 15.6. The van der Waals surface area contributed by atoms with Crippen molar-refractivity contribution in [3.05, 3.63) is 42.0 Å². The second kappa shape index (κ2) is 8.73. The first-order chi connectivity index (χ1) is 13.1. The number of hydrogen-bond donors (Lipinski definition) is 4. The number of aromatic nitrogens is 1. The molecule has 3 rings (SSSR count). The molecule has 0 radical (unpaired) electrons. The number of nitrogens with one attached hydrogen (secondary N) is 2. The number of primary amides is 1. The highest BCUT2D eigenvalue weighted by molar-refractivity contribution is 5.99. The van der Waals surface area contributed by atoms with Gasteiger partial charge >= 0.3 is 0 Å². The van der Waals surface area contributed by atoms with E-state index in [0.29, 0.717) is 29.6 Å². The number of rotatable bonds is 7. The first-order valence-electron chi connectivity index (χ1n) is 9.39. The van der Waals surface area contributed by atoms with E-state index < -0.39 is 5.91 Å². The SMILES string of the molecule is CCOc1cccc(Nc2cc(N[C@H]3CCCC[C@H]3N)ccc2C(N)=O)n1. The molecule has 2 aromatic rings. The molecule has 1 aromatic heterocycles. The van der Waals surface area contributed by atoms with Crippen LogP contribution in [0.15, 0.2) is 36.4 Å². The Balaban J connectivity index is 1.83. The average Bonchev–Trinajstić information content (AvgIpc) is 2.64. The van der Waals surface area contributed by atoms with Crippen molar-refractivity contribution in [1.29, 1.82) is 0 Å². The minimum Gasteiger partial charge on any atom is -0.478 e. The van der Waals surface area contributed by atoms with Crippen LogP contribution in [0.3, 0.4) is 0 Å². The maximum Gasteiger partial charge on any atom is 0.250 e. The number of pyridine rings is 1. The molecule has 1 aliphatic rings. The standard InChI is InChI=1S/C20H27N5O2/c1-2-27-19-9-5-8-18(25-19)24-17-12-13(10-11-14(17)20(22)26)23-16-7-4-3-6-15(16)21/h5,8-12,15-16,23H,2-4,6-7,21H2,1H3,(H2,22,26)(H,24,25)/t15-,16+/m1/s1. The summed E-state index contributed by atoms with van der Waals surface area (Å²) < 4.78 is 5.43. The lowest BCUT2D eigenvalue weighted by atomic mass is 9.91. The molecule has 1 aliphatic carbocycles. The Bertz CT molecular complexity index is 796. The minimum absolute atomic E-state index is 0.135. The molecule has 1 heterocycles. The number of amides is 1. The molecule has 0 aliphatic heterocycles. The predicted molar refractivity (Wildman–Crippen MR) is 108 cm³/mol. The summed E-state index contributed by atoms with van der Waals surface area (Å²) in [5, 5.41) is 6.67. The van der Waals surface area contributed by atoms with E-state index in [1.54, 1.807) is 12.1 Å². The third kappa shape index (κ3) is 4.89. The van der Waals surface area contributed by atoms with Crippen molar-refractivity contribution in [3.63, 3.8) is 0 Å². The summed E-state index contributed by atoms with van der Waals surface area (Å²) >= 11 is 0. The Morgan fingerprint density at radius 2 is 2.07 bits per heavy atom. The highest BCUT2D eigenvalue weighted by atomic mass is 16.5. The molecule has 0 spiro atoms. The molecule has 0 saturated heterocycles. The van der Waals surface area contributed by atoms with Gasteiger partial charge in [-0.2, -0.15) is 4.98 Å². The molecule has 2 atom stereocenters. The van der Waals surface area contributed by atoms with Crippen LogP contribution < -0.4 is 26.8 Å². The van der Waals surface area contributed by atoms with Crippen LogP contribution in [0.4, 0.5) is 17.2 Å². The first-order valence-corrected chi connectivity index (χ1v) is 9.39. The highest BCUT2D eigenvalue weighted by Gasteiger charge is 2.22. The van der Waals surface area contributed by atoms with Gasteiger partial charge < -0.3 is 26.8 Å². The van der Waals surface area contributed by atoms with Gasteiger partial charge in [-0.05, 0) is 44.0 Å². The van der Waals surface area contributed by atoms with Crippen molar-refractivity contribution in [3.8, 4) is 5.88 Å². The van der Waals surface area contributed by atoms with Gasteiger partial charge in [-0.3, -0.25) is 4.79 Å². The van der Waals surface area contributed by atoms with Crippen LogP contribution in [0.2, 0.25) is 0 Å². The minimum atomic E-state index is -0.501. The summed E-state index contributed by atoms with van der Waals surface area (Å²) in [6, 6.07) is 11.2. The van der Waals surface area contributed by atoms with E-state index in [2.05, 4.69) is 15.6 Å². The number of anilines is 3. The quantitative estimate of drug-likeness (QED) is 0.596. The van der Waals surface area contributed by atoms with E-state index in [1.807, 2.05) is 31.2 Å². The summed E-state index contributed by atoms with van der Waals surface area (Å²) in [4.78, 5) is 16.2. The summed E-state index contributed by atoms with van der Waals surface area (Å²) in [7, 11) is 0. The van der Waals surface area contributed by atoms with Crippen LogP contribution in [0.5, 0.6) is 5.88 Å². The van der Waals surface area contributed by atoms with Crippen molar-refractivity contribution >= 4 is 23.1 Å². The molecule has 1 amide bonds. The topological polar surface area (TPSA) is 115 Å². The molecule has 7 heteroatoms. The second-order valence-electron chi connectivity index (χ2n) is 6.74. The summed E-state index contributed by atoms with van der Waals surface area (Å²) in [6.45, 7) is 2.43. The van der Waals surface area contributed by atoms with E-state index in [9.17, 15) is 4.79 Å². The fraction of sp³-hybridized carbons (Fsp3) is 0.400. The number of nitrogens with two attached hydrogens (primary N) is 2. The third-order valence-electron chi connectivity index (χ3n) is 4.74. The van der Waals surface area contributed by atoms with E-state index in [0.717, 1.165) is 18.5 Å². The monoisotopic (exact) mass is 369 g/mol. The van der Waals surface area contributed by atoms with Gasteiger partial charge in [0.15, 0.2) is 0 Å². The number of hydrogen-bond acceptors (Lipinski definition) is 6. The van der Waals surface area contributed by atoms with Gasteiger partial charge in [0, 0.05) is 23.8 Å². The molecule has 0 bridgehead atoms. The maximum atomic E-state index is 11.8. The van der Waals surface area contributed by atoms with Crippen LogP contribution in [0.25, 0.3) is 0 Å². The van der Waals surface area contributed by atoms with Crippen LogP contribution in [-0.4, -0.2) is 29.6 Å². The van der Waals surface area contributed by atoms with Gasteiger partial charge in [0.2, 0.25) is 5.88 Å². The van der Waals surface area contributed by atoms with Crippen LogP contribution in [0, 0.1) is 0 Å². The van der Waals surface area contributed by atoms with Gasteiger partial charge in [0.25, 0.3) is 5.91 Å². The second-order valence-corrected chi connectivity index (χ2v) is 6.74. The van der Waals surface area contributed by atoms with Gasteiger partial charge in [-0.1, -0.05) is 18.9 Å². The zero-order chi connectivity index (χ0) is 19.2. The smallest absolute Gasteiger partial charge is 0.250 e. The van der Waals surface area contributed by atoms with E-state index >= 15 is 0 Å². The lowest BCUT2D eigenvalue weighted by molar-refractivity contribution is 0.100. The first kappa shape index (κ1) is 19.0. The Morgan fingerprint density at radius 3 is 2.81 bits per heavy atom. The van der Waals surface area contributed by atoms with E-state index in [4.69, 9.17) is 16.2 Å². The molecule has 27 heavy (non-hydrogen) atoms. The highest BCUT2D eigenvalue weighted by Crippen LogP contribution is 2.27. The largest absolute Gasteiger partial charge is 0.478 e. The number of carbonyl (C=O) groups is 1. The summed E-state index contributed by atoms with van der Waals surface area (Å²) in [6.07, 6.45) is 4.41. The Morgan fingerprint density at radius 1 is 1.26 bits per heavy atom. The molecule has 1 fully saturated rings. The Kier molecular flexibility index (Phi) is 6.13. The van der Waals surface area contributed by atoms with E-state index in [-0.39, 0.29) is 12.1 Å². The Labute approximate surface area is 159 Å². The van der Waals surface area contributed by atoms with E-state index in [1.165, 1.54) is 12.8 Å². The number of carbonyl (C=O) groups excluding carboxylic acids is 1. The lowest BCUT2D eigenvalue weighted by Crippen LogP contribution is -2.42. The van der Waals surface area contributed by atoms with Crippen molar-refractivity contribution in [2.75, 3.05) is 17.2 Å². The normalized spacial score (nSPS) is 19.3. The maximum absolute atomic E-state index is 11.8. The van der Waals surface area contributed by atoms with Gasteiger partial charge in [-0.15, -0.1) is 0 Å². The molecular formula is C20H27N5O2. The average molecular weight is 369 g/mol. The van der Waals surface area contributed by atoms with Crippen molar-refractivity contribution in [2.45, 2.75) is 44.7 Å². The van der Waals surface area contributed by atoms with Crippen molar-refractivity contribution in [2.24, 2.45) is 11.5 Å². The molecule has 144 valence electrons. The zero-order valence-electron chi connectivity index (χ0n) is 15.6. The Hall–Kier alpha value is -2.80. The predicted octanol–water partition coefficient (Wildman–Crippen LogP) is 3.00. The van der Waals surface area contributed by atoms with Crippen molar-refractivity contribution in [1.82, 2.24) is 4.98 Å². The molecule has 7 nitrogen and oxygen atoms in total. The lowest BCUT2D eigenvalue weighted by Gasteiger charge is -2.30. The molecule has 6 N–H and O–H groups in total. The van der Waals surface area contributed by atoms with Crippen molar-refractivity contribution < 1.29 is 9.53 Å². The van der Waals surface area contributed by atoms with Gasteiger partial charge in [0.05, 0.1) is 17.9 Å². The summed E-state index contributed by atoms with van der Waals surface area (Å²) in [5.41, 5.74) is 13.7. The molecule has 0 unspecified atom stereocenters. The fourth-order valence-electron chi connectivity index (χ4n) is 3.36. The number of nitrogens with zero attached hydrogens (tertiary/aromatic N) is 1. The van der Waals surface area contributed by atoms with Crippen LogP contribution in [-0.2, 0) is 0 Å². The van der Waals surface area contributed by atoms with Crippen LogP contribution in [0.1, 0.15) is 43.0 Å². The molecule has 1 aromatic carbocycles. The number of benzene rings is 1. The number of ether oxygens (including phenoxy) is 1. The fourth-order valence-corrected chi connectivity index (χ4v) is 3.36. The van der Waals surface area contributed by atoms with Gasteiger partial charge in [-0.25, -0.2) is 0 Å². The van der Waals surface area contributed by atoms with Crippen LogP contribution >= 0.6 is 0 Å².